The van der Waals surface area contributed by atoms with E-state index in [4.69, 9.17) is 18.9 Å². The van der Waals surface area contributed by atoms with Gasteiger partial charge in [-0.1, -0.05) is 272 Å². The highest BCUT2D eigenvalue weighted by Crippen LogP contribution is 2.17. The van der Waals surface area contributed by atoms with E-state index in [9.17, 15) is 19.5 Å². The third-order valence-electron chi connectivity index (χ3n) is 13.7. The standard InChI is InChI=1S/C68H119NO8/c1-6-8-10-12-14-16-18-20-22-24-26-28-29-30-31-32-33-34-35-36-37-39-41-43-45-47-49-51-53-55-57-59-66(71)77-64(63-76-68(67(72)73)74-61-60-69(3,4)5)62-75-65(70)58-56-54-52-50-48-46-44-42-40-38-27-25-23-21-19-17-15-13-11-9-7-2/h8,10,14,16,20,22,26,28,30-31,33-34,36-37,64,68H,6-7,9,11-13,15,17-19,21,23-25,27,29,32,35,38-63H2,1-5H3/b10-8-,16-14-,22-20-,28-26-,31-30-,34-33-,37-36-. The Kier molecular flexibility index (Phi) is 55.9. The van der Waals surface area contributed by atoms with Gasteiger partial charge in [0.05, 0.1) is 40.3 Å². The van der Waals surface area contributed by atoms with Gasteiger partial charge < -0.3 is 33.3 Å². The molecule has 0 aliphatic heterocycles. The summed E-state index contributed by atoms with van der Waals surface area (Å²) in [6.07, 6.45) is 74.9. The average Bonchev–Trinajstić information content (AvgIpc) is 3.40. The van der Waals surface area contributed by atoms with Crippen molar-refractivity contribution in [3.8, 4) is 0 Å². The molecule has 9 heteroatoms. The SMILES string of the molecule is CC/C=C\C/C=C\C/C=C\C/C=C\C/C=C\C/C=C\C/C=C\CCCCCCCCCCCC(=O)OC(COC(=O)CCCCCCCCCCCCCCCCCCCCCCC)COC(OCC[N+](C)(C)C)C(=O)[O-]. The maximum atomic E-state index is 12.9. The van der Waals surface area contributed by atoms with Crippen LogP contribution in [0.3, 0.4) is 0 Å². The lowest BCUT2D eigenvalue weighted by atomic mass is 10.0. The van der Waals surface area contributed by atoms with Crippen molar-refractivity contribution in [3.05, 3.63) is 85.1 Å². The van der Waals surface area contributed by atoms with Crippen molar-refractivity contribution < 1.29 is 42.9 Å². The Morgan fingerprint density at radius 1 is 0.403 bits per heavy atom. The van der Waals surface area contributed by atoms with Crippen molar-refractivity contribution >= 4 is 17.9 Å². The molecule has 0 radical (unpaired) electrons. The number of rotatable bonds is 58. The van der Waals surface area contributed by atoms with E-state index in [1.54, 1.807) is 0 Å². The number of nitrogens with zero attached hydrogens (tertiary/aromatic N) is 1. The van der Waals surface area contributed by atoms with E-state index in [0.29, 0.717) is 23.9 Å². The number of quaternary nitrogens is 1. The Balaban J connectivity index is 4.21. The Labute approximate surface area is 474 Å². The van der Waals surface area contributed by atoms with Crippen LogP contribution in [0.4, 0.5) is 0 Å². The zero-order valence-electron chi connectivity index (χ0n) is 50.6. The summed E-state index contributed by atoms with van der Waals surface area (Å²) >= 11 is 0. The van der Waals surface area contributed by atoms with Gasteiger partial charge in [0.1, 0.15) is 13.2 Å². The van der Waals surface area contributed by atoms with Crippen LogP contribution in [0.15, 0.2) is 85.1 Å². The van der Waals surface area contributed by atoms with Crippen LogP contribution in [0.1, 0.15) is 271 Å². The van der Waals surface area contributed by atoms with Gasteiger partial charge in [0, 0.05) is 12.8 Å². The lowest BCUT2D eigenvalue weighted by Crippen LogP contribution is -2.44. The fraction of sp³-hybridized carbons (Fsp3) is 0.750. The van der Waals surface area contributed by atoms with Gasteiger partial charge >= 0.3 is 11.9 Å². The Hall–Kier alpha value is -3.53. The van der Waals surface area contributed by atoms with Crippen LogP contribution in [0.25, 0.3) is 0 Å². The van der Waals surface area contributed by atoms with Crippen molar-refractivity contribution in [2.45, 2.75) is 283 Å². The van der Waals surface area contributed by atoms with E-state index in [1.807, 2.05) is 21.1 Å². The fourth-order valence-corrected chi connectivity index (χ4v) is 8.81. The van der Waals surface area contributed by atoms with Gasteiger partial charge in [-0.3, -0.25) is 9.59 Å². The summed E-state index contributed by atoms with van der Waals surface area (Å²) in [6, 6.07) is 0. The van der Waals surface area contributed by atoms with Gasteiger partial charge in [-0.15, -0.1) is 0 Å². The average molecular weight is 1080 g/mol. The monoisotopic (exact) mass is 1080 g/mol. The molecule has 0 saturated heterocycles. The van der Waals surface area contributed by atoms with Gasteiger partial charge in [0.25, 0.3) is 0 Å². The molecule has 0 aliphatic rings. The van der Waals surface area contributed by atoms with E-state index in [0.717, 1.165) is 89.9 Å². The molecule has 0 bridgehead atoms. The van der Waals surface area contributed by atoms with Crippen molar-refractivity contribution in [1.82, 2.24) is 0 Å². The first-order chi connectivity index (χ1) is 37.6. The number of esters is 2. The fourth-order valence-electron chi connectivity index (χ4n) is 8.81. The third kappa shape index (κ3) is 60.0. The second kappa shape index (κ2) is 58.6. The minimum Gasteiger partial charge on any atom is -0.545 e. The zero-order valence-corrected chi connectivity index (χ0v) is 50.6. The first-order valence-electron chi connectivity index (χ1n) is 31.7. The van der Waals surface area contributed by atoms with Crippen molar-refractivity contribution in [2.75, 3.05) is 47.5 Å². The van der Waals surface area contributed by atoms with Crippen LogP contribution in [-0.4, -0.2) is 82.3 Å². The van der Waals surface area contributed by atoms with E-state index in [-0.39, 0.29) is 32.2 Å². The number of carboxylic acid groups (broad SMARTS) is 1. The first-order valence-corrected chi connectivity index (χ1v) is 31.7. The first kappa shape index (κ1) is 73.5. The quantitative estimate of drug-likeness (QED) is 0.0195. The lowest BCUT2D eigenvalue weighted by molar-refractivity contribution is -0.870. The minimum atomic E-state index is -1.63. The molecule has 0 amide bonds. The van der Waals surface area contributed by atoms with Crippen LogP contribution in [-0.2, 0) is 33.3 Å². The van der Waals surface area contributed by atoms with E-state index in [1.165, 1.54) is 148 Å². The van der Waals surface area contributed by atoms with Crippen molar-refractivity contribution in [2.24, 2.45) is 0 Å². The molecule has 0 spiro atoms. The number of hydrogen-bond acceptors (Lipinski definition) is 8. The molecular weight excluding hydrogens is 959 g/mol. The van der Waals surface area contributed by atoms with Crippen molar-refractivity contribution in [3.63, 3.8) is 0 Å². The van der Waals surface area contributed by atoms with Gasteiger partial charge in [0.2, 0.25) is 0 Å². The molecule has 0 fully saturated rings. The predicted molar refractivity (Wildman–Crippen MR) is 324 cm³/mol. The number of allylic oxidation sites excluding steroid dienone is 14. The summed E-state index contributed by atoms with van der Waals surface area (Å²) in [6.45, 7) is 4.65. The van der Waals surface area contributed by atoms with E-state index < -0.39 is 24.3 Å². The maximum absolute atomic E-state index is 12.9. The minimum absolute atomic E-state index is 0.144. The van der Waals surface area contributed by atoms with Crippen LogP contribution in [0.5, 0.6) is 0 Å². The summed E-state index contributed by atoms with van der Waals surface area (Å²) < 4.78 is 22.8. The molecule has 0 aliphatic carbocycles. The molecule has 0 saturated carbocycles. The molecular formula is C68H119NO8. The molecule has 77 heavy (non-hydrogen) atoms. The summed E-state index contributed by atoms with van der Waals surface area (Å²) in [4.78, 5) is 37.4. The summed E-state index contributed by atoms with van der Waals surface area (Å²) in [5, 5.41) is 11.8. The Morgan fingerprint density at radius 2 is 0.740 bits per heavy atom. The number of likely N-dealkylation sites (N-methyl/N-ethyl adjacent to an activating group) is 1. The second-order valence-electron chi connectivity index (χ2n) is 22.3. The summed E-state index contributed by atoms with van der Waals surface area (Å²) in [5.74, 6) is -2.28. The molecule has 0 aromatic rings. The molecule has 2 unspecified atom stereocenters. The molecule has 2 atom stereocenters. The van der Waals surface area contributed by atoms with Gasteiger partial charge in [-0.05, 0) is 70.6 Å². The van der Waals surface area contributed by atoms with Crippen LogP contribution in [0, 0.1) is 0 Å². The second-order valence-corrected chi connectivity index (χ2v) is 22.3. The maximum Gasteiger partial charge on any atom is 0.306 e. The Morgan fingerprint density at radius 3 is 1.10 bits per heavy atom. The van der Waals surface area contributed by atoms with Gasteiger partial charge in [0.15, 0.2) is 12.4 Å². The molecule has 0 aromatic heterocycles. The van der Waals surface area contributed by atoms with Gasteiger partial charge in [-0.2, -0.15) is 0 Å². The number of carboxylic acids is 1. The third-order valence-corrected chi connectivity index (χ3v) is 13.7. The highest BCUT2D eigenvalue weighted by molar-refractivity contribution is 5.70. The largest absolute Gasteiger partial charge is 0.545 e. The summed E-state index contributed by atoms with van der Waals surface area (Å²) in [5.41, 5.74) is 0. The molecule has 0 heterocycles. The highest BCUT2D eigenvalue weighted by Gasteiger charge is 2.22. The van der Waals surface area contributed by atoms with Crippen LogP contribution in [0.2, 0.25) is 0 Å². The molecule has 0 aromatic carbocycles. The van der Waals surface area contributed by atoms with E-state index >= 15 is 0 Å². The number of ether oxygens (including phenoxy) is 4. The normalized spacial score (nSPS) is 13.3. The Bertz CT molecular complexity index is 1540. The highest BCUT2D eigenvalue weighted by atomic mass is 16.7. The zero-order chi connectivity index (χ0) is 56.2. The van der Waals surface area contributed by atoms with E-state index in [2.05, 4.69) is 98.9 Å². The number of hydrogen-bond donors (Lipinski definition) is 0. The van der Waals surface area contributed by atoms with Crippen LogP contribution >= 0.6 is 0 Å². The van der Waals surface area contributed by atoms with Crippen molar-refractivity contribution in [1.29, 1.82) is 0 Å². The topological polar surface area (TPSA) is 111 Å². The van der Waals surface area contributed by atoms with Crippen LogP contribution < -0.4 is 5.11 Å². The lowest BCUT2D eigenvalue weighted by Gasteiger charge is -2.26. The molecule has 0 N–H and O–H groups in total. The number of aliphatic carboxylic acids is 1. The number of carbonyl (C=O) groups excluding carboxylic acids is 3. The number of unbranched alkanes of at least 4 members (excludes halogenated alkanes) is 29. The molecule has 444 valence electrons. The molecule has 0 rings (SSSR count). The smallest absolute Gasteiger partial charge is 0.306 e. The number of carbonyl (C=O) groups is 3. The molecule has 9 nitrogen and oxygen atoms in total. The predicted octanol–water partition coefficient (Wildman–Crippen LogP) is 17.8. The summed E-state index contributed by atoms with van der Waals surface area (Å²) in [7, 11) is 5.92. The van der Waals surface area contributed by atoms with Gasteiger partial charge in [-0.25, -0.2) is 0 Å².